The molecular weight excluding hydrogens is 276 g/mol. The van der Waals surface area contributed by atoms with Gasteiger partial charge in [-0.1, -0.05) is 13.8 Å². The second-order valence-corrected chi connectivity index (χ2v) is 5.71. The van der Waals surface area contributed by atoms with Crippen LogP contribution in [0.15, 0.2) is 12.1 Å². The topological polar surface area (TPSA) is 44.5 Å². The number of benzene rings is 1. The lowest BCUT2D eigenvalue weighted by Crippen LogP contribution is -2.18. The Bertz CT molecular complexity index is 413. The van der Waals surface area contributed by atoms with E-state index in [9.17, 15) is 8.78 Å². The molecule has 1 rings (SSSR count). The highest BCUT2D eigenvalue weighted by molar-refractivity contribution is 5.31. The smallest absolute Gasteiger partial charge is 0.190 e. The average Bonchev–Trinajstić information content (AvgIpc) is 2.34. The second-order valence-electron chi connectivity index (χ2n) is 5.71. The predicted molar refractivity (Wildman–Crippen MR) is 79.5 cm³/mol. The van der Waals surface area contributed by atoms with Gasteiger partial charge >= 0.3 is 0 Å². The van der Waals surface area contributed by atoms with Crippen molar-refractivity contribution in [3.8, 4) is 5.75 Å². The summed E-state index contributed by atoms with van der Waals surface area (Å²) in [4.78, 5) is 0. The van der Waals surface area contributed by atoms with Crippen LogP contribution in [0.4, 0.5) is 8.78 Å². The van der Waals surface area contributed by atoms with E-state index in [4.69, 9.17) is 15.2 Å². The van der Waals surface area contributed by atoms with Crippen LogP contribution in [0.2, 0.25) is 0 Å². The van der Waals surface area contributed by atoms with Gasteiger partial charge in [0, 0.05) is 12.6 Å². The molecule has 3 nitrogen and oxygen atoms in total. The molecule has 1 aromatic carbocycles. The van der Waals surface area contributed by atoms with Gasteiger partial charge in [-0.15, -0.1) is 0 Å². The monoisotopic (exact) mass is 301 g/mol. The summed E-state index contributed by atoms with van der Waals surface area (Å²) >= 11 is 0. The average molecular weight is 301 g/mol. The fourth-order valence-electron chi connectivity index (χ4n) is 1.86. The Balaban J connectivity index is 2.44. The van der Waals surface area contributed by atoms with Gasteiger partial charge < -0.3 is 15.2 Å². The molecule has 1 unspecified atom stereocenters. The van der Waals surface area contributed by atoms with E-state index < -0.39 is 11.6 Å². The van der Waals surface area contributed by atoms with Crippen LogP contribution in [0.5, 0.6) is 5.75 Å². The maximum absolute atomic E-state index is 13.8. The van der Waals surface area contributed by atoms with Crippen molar-refractivity contribution in [2.75, 3.05) is 19.8 Å². The molecule has 0 radical (unpaired) electrons. The number of hydrogen-bond donors (Lipinski definition) is 1. The molecule has 0 aliphatic heterocycles. The maximum Gasteiger partial charge on any atom is 0.190 e. The SMILES string of the molecule is CC(C)CCOCCOc1c(F)cc(CC(C)N)cc1F. The summed E-state index contributed by atoms with van der Waals surface area (Å²) in [7, 11) is 0. The zero-order chi connectivity index (χ0) is 15.8. The van der Waals surface area contributed by atoms with E-state index in [0.717, 1.165) is 6.42 Å². The Labute approximate surface area is 125 Å². The Morgan fingerprint density at radius 1 is 1.05 bits per heavy atom. The highest BCUT2D eigenvalue weighted by Crippen LogP contribution is 2.23. The fraction of sp³-hybridized carbons (Fsp3) is 0.625. The number of rotatable bonds is 9. The molecule has 0 saturated carbocycles. The van der Waals surface area contributed by atoms with E-state index >= 15 is 0 Å². The largest absolute Gasteiger partial charge is 0.485 e. The van der Waals surface area contributed by atoms with Gasteiger partial charge in [0.1, 0.15) is 6.61 Å². The standard InChI is InChI=1S/C16H25F2NO2/c1-11(2)4-5-20-6-7-21-16-14(17)9-13(8-12(3)19)10-15(16)18/h9-12H,4-8,19H2,1-3H3. The summed E-state index contributed by atoms with van der Waals surface area (Å²) in [6, 6.07) is 2.38. The van der Waals surface area contributed by atoms with Crippen molar-refractivity contribution in [3.63, 3.8) is 0 Å². The minimum Gasteiger partial charge on any atom is -0.485 e. The maximum atomic E-state index is 13.8. The molecule has 5 heteroatoms. The van der Waals surface area contributed by atoms with Crippen molar-refractivity contribution in [1.82, 2.24) is 0 Å². The van der Waals surface area contributed by atoms with Gasteiger partial charge in [0.15, 0.2) is 17.4 Å². The minimum absolute atomic E-state index is 0.124. The molecule has 0 heterocycles. The van der Waals surface area contributed by atoms with E-state index in [2.05, 4.69) is 13.8 Å². The first-order chi connectivity index (χ1) is 9.90. The molecule has 0 spiro atoms. The summed E-state index contributed by atoms with van der Waals surface area (Å²) in [5.41, 5.74) is 6.15. The fourth-order valence-corrected chi connectivity index (χ4v) is 1.86. The normalized spacial score (nSPS) is 12.7. The third kappa shape index (κ3) is 6.87. The lowest BCUT2D eigenvalue weighted by Gasteiger charge is -2.12. The van der Waals surface area contributed by atoms with Crippen molar-refractivity contribution < 1.29 is 18.3 Å². The lowest BCUT2D eigenvalue weighted by atomic mass is 10.1. The van der Waals surface area contributed by atoms with Gasteiger partial charge in [-0.05, 0) is 43.4 Å². The predicted octanol–water partition coefficient (Wildman–Crippen LogP) is 3.30. The van der Waals surface area contributed by atoms with Gasteiger partial charge in [-0.3, -0.25) is 0 Å². The Morgan fingerprint density at radius 3 is 2.19 bits per heavy atom. The van der Waals surface area contributed by atoms with Crippen molar-refractivity contribution >= 4 is 0 Å². The Kier molecular flexibility index (Phi) is 7.61. The van der Waals surface area contributed by atoms with Crippen molar-refractivity contribution in [2.24, 2.45) is 11.7 Å². The summed E-state index contributed by atoms with van der Waals surface area (Å²) in [5.74, 6) is -1.19. The molecule has 0 amide bonds. The third-order valence-electron chi connectivity index (χ3n) is 2.93. The zero-order valence-corrected chi connectivity index (χ0v) is 13.0. The van der Waals surface area contributed by atoms with Gasteiger partial charge in [0.05, 0.1) is 6.61 Å². The molecule has 21 heavy (non-hydrogen) atoms. The number of nitrogens with two attached hydrogens (primary N) is 1. The first kappa shape index (κ1) is 17.9. The molecule has 0 aromatic heterocycles. The summed E-state index contributed by atoms with van der Waals surface area (Å²) in [6.45, 7) is 7.06. The van der Waals surface area contributed by atoms with Crippen LogP contribution in [0, 0.1) is 17.6 Å². The van der Waals surface area contributed by atoms with Crippen LogP contribution >= 0.6 is 0 Å². The van der Waals surface area contributed by atoms with E-state index in [0.29, 0.717) is 31.1 Å². The molecule has 120 valence electrons. The molecule has 0 saturated heterocycles. The molecule has 1 aromatic rings. The molecule has 0 aliphatic rings. The van der Waals surface area contributed by atoms with E-state index in [1.54, 1.807) is 6.92 Å². The van der Waals surface area contributed by atoms with Gasteiger partial charge in [0.25, 0.3) is 0 Å². The highest BCUT2D eigenvalue weighted by Gasteiger charge is 2.13. The van der Waals surface area contributed by atoms with Crippen LogP contribution in [0.25, 0.3) is 0 Å². The number of hydrogen-bond acceptors (Lipinski definition) is 3. The highest BCUT2D eigenvalue weighted by atomic mass is 19.1. The van der Waals surface area contributed by atoms with Gasteiger partial charge in [-0.2, -0.15) is 0 Å². The first-order valence-electron chi connectivity index (χ1n) is 7.34. The van der Waals surface area contributed by atoms with E-state index in [1.807, 2.05) is 0 Å². The third-order valence-corrected chi connectivity index (χ3v) is 2.93. The minimum atomic E-state index is -0.701. The second kappa shape index (κ2) is 8.95. The van der Waals surface area contributed by atoms with Crippen LogP contribution in [0.3, 0.4) is 0 Å². The molecule has 0 aliphatic carbocycles. The number of halogens is 2. The van der Waals surface area contributed by atoms with Crippen molar-refractivity contribution in [1.29, 1.82) is 0 Å². The van der Waals surface area contributed by atoms with Crippen LogP contribution in [-0.4, -0.2) is 25.9 Å². The van der Waals surface area contributed by atoms with Crippen LogP contribution in [-0.2, 0) is 11.2 Å². The zero-order valence-electron chi connectivity index (χ0n) is 13.0. The summed E-state index contributed by atoms with van der Waals surface area (Å²) < 4.78 is 38.1. The first-order valence-corrected chi connectivity index (χ1v) is 7.34. The molecule has 2 N–H and O–H groups in total. The number of ether oxygens (including phenoxy) is 2. The summed E-state index contributed by atoms with van der Waals surface area (Å²) in [6.07, 6.45) is 1.38. The van der Waals surface area contributed by atoms with Crippen LogP contribution in [0.1, 0.15) is 32.8 Å². The van der Waals surface area contributed by atoms with Gasteiger partial charge in [0.2, 0.25) is 0 Å². The van der Waals surface area contributed by atoms with E-state index in [-0.39, 0.29) is 18.4 Å². The quantitative estimate of drug-likeness (QED) is 0.712. The van der Waals surface area contributed by atoms with Crippen LogP contribution < -0.4 is 10.5 Å². The Morgan fingerprint density at radius 2 is 1.67 bits per heavy atom. The molecule has 0 bridgehead atoms. The van der Waals surface area contributed by atoms with Crippen molar-refractivity contribution in [2.45, 2.75) is 39.7 Å². The van der Waals surface area contributed by atoms with Gasteiger partial charge in [-0.25, -0.2) is 8.78 Å². The molecule has 0 fully saturated rings. The molecular formula is C16H25F2NO2. The Hall–Kier alpha value is -1.20. The lowest BCUT2D eigenvalue weighted by molar-refractivity contribution is 0.0899. The van der Waals surface area contributed by atoms with Crippen molar-refractivity contribution in [3.05, 3.63) is 29.3 Å². The summed E-state index contributed by atoms with van der Waals surface area (Å²) in [5, 5.41) is 0. The molecule has 1 atom stereocenters. The van der Waals surface area contributed by atoms with E-state index in [1.165, 1.54) is 12.1 Å².